The molecule has 4 heteroatoms. The van der Waals surface area contributed by atoms with Crippen LogP contribution in [0.3, 0.4) is 0 Å². The molecule has 2 aromatic rings. The summed E-state index contributed by atoms with van der Waals surface area (Å²) in [4.78, 5) is 12.0. The van der Waals surface area contributed by atoms with E-state index < -0.39 is 0 Å². The third-order valence-corrected chi connectivity index (χ3v) is 4.00. The van der Waals surface area contributed by atoms with Gasteiger partial charge in [-0.25, -0.2) is 0 Å². The quantitative estimate of drug-likeness (QED) is 0.624. The average molecular weight is 282 g/mol. The van der Waals surface area contributed by atoms with Crippen LogP contribution in [0.1, 0.15) is 49.0 Å². The van der Waals surface area contributed by atoms with Crippen molar-refractivity contribution in [3.05, 3.63) is 47.8 Å². The van der Waals surface area contributed by atoms with E-state index in [1.165, 1.54) is 31.4 Å². The lowest BCUT2D eigenvalue weighted by Crippen LogP contribution is -2.12. The number of rotatable bonds is 5. The lowest BCUT2D eigenvalue weighted by molar-refractivity contribution is -0.133. The zero-order valence-electron chi connectivity index (χ0n) is 11.9. The lowest BCUT2D eigenvalue weighted by Gasteiger charge is -2.03. The molecule has 108 valence electrons. The van der Waals surface area contributed by atoms with Crippen LogP contribution >= 0.6 is 0 Å². The molecule has 1 aromatic heterocycles. The number of esters is 1. The third kappa shape index (κ3) is 2.84. The molecule has 1 heterocycles. The van der Waals surface area contributed by atoms with Crippen molar-refractivity contribution in [2.75, 3.05) is 0 Å². The minimum atomic E-state index is -0.246. The molecule has 2 saturated carbocycles. The molecule has 0 spiro atoms. The van der Waals surface area contributed by atoms with Gasteiger partial charge >= 0.3 is 5.97 Å². The van der Waals surface area contributed by atoms with Gasteiger partial charge in [-0.05, 0) is 43.9 Å². The van der Waals surface area contributed by atoms with Gasteiger partial charge in [-0.3, -0.25) is 9.48 Å². The summed E-state index contributed by atoms with van der Waals surface area (Å²) in [5.41, 5.74) is 2.16. The first kappa shape index (κ1) is 12.6. The number of benzene rings is 1. The highest BCUT2D eigenvalue weighted by Gasteiger charge is 2.34. The number of para-hydroxylation sites is 1. The molecule has 1 aromatic carbocycles. The summed E-state index contributed by atoms with van der Waals surface area (Å²) in [6.45, 7) is 0. The molecular formula is C17H18N2O2. The minimum absolute atomic E-state index is 0.244. The first-order valence-corrected chi connectivity index (χ1v) is 7.63. The molecule has 0 saturated heterocycles. The standard InChI is InChI=1S/C17H18N2O2/c20-17(21-15-4-2-1-3-5-15)11-13-10-16(12-6-7-12)19(18-13)14-8-9-14/h1-5,10,12,14H,6-9,11H2. The molecule has 0 amide bonds. The second kappa shape index (κ2) is 5.02. The lowest BCUT2D eigenvalue weighted by atomic mass is 10.2. The van der Waals surface area contributed by atoms with Gasteiger partial charge in [0.05, 0.1) is 18.2 Å². The molecule has 0 unspecified atom stereocenters. The Kier molecular flexibility index (Phi) is 3.02. The Morgan fingerprint density at radius 1 is 1.19 bits per heavy atom. The topological polar surface area (TPSA) is 44.1 Å². The summed E-state index contributed by atoms with van der Waals surface area (Å²) >= 11 is 0. The summed E-state index contributed by atoms with van der Waals surface area (Å²) in [6, 6.07) is 11.9. The van der Waals surface area contributed by atoms with Crippen LogP contribution < -0.4 is 4.74 Å². The summed E-state index contributed by atoms with van der Waals surface area (Å²) in [5, 5.41) is 4.63. The highest BCUT2D eigenvalue weighted by atomic mass is 16.5. The maximum absolute atomic E-state index is 12.0. The van der Waals surface area contributed by atoms with Crippen LogP contribution in [0.2, 0.25) is 0 Å². The second-order valence-electron chi connectivity index (χ2n) is 5.97. The smallest absolute Gasteiger partial charge is 0.317 e. The van der Waals surface area contributed by atoms with E-state index in [-0.39, 0.29) is 12.4 Å². The van der Waals surface area contributed by atoms with Crippen molar-refractivity contribution < 1.29 is 9.53 Å². The molecule has 0 aliphatic heterocycles. The van der Waals surface area contributed by atoms with Crippen molar-refractivity contribution in [1.29, 1.82) is 0 Å². The van der Waals surface area contributed by atoms with E-state index in [9.17, 15) is 4.79 Å². The van der Waals surface area contributed by atoms with Crippen LogP contribution in [0.15, 0.2) is 36.4 Å². The van der Waals surface area contributed by atoms with Gasteiger partial charge in [0.25, 0.3) is 0 Å². The fourth-order valence-corrected chi connectivity index (χ4v) is 2.65. The van der Waals surface area contributed by atoms with E-state index in [1.54, 1.807) is 12.1 Å². The van der Waals surface area contributed by atoms with E-state index in [0.717, 1.165) is 5.69 Å². The molecule has 0 bridgehead atoms. The summed E-state index contributed by atoms with van der Waals surface area (Å²) in [6.07, 6.45) is 5.19. The Morgan fingerprint density at radius 3 is 2.62 bits per heavy atom. The number of carbonyl (C=O) groups is 1. The third-order valence-electron chi connectivity index (χ3n) is 4.00. The number of hydrogen-bond donors (Lipinski definition) is 0. The molecule has 2 aliphatic carbocycles. The van der Waals surface area contributed by atoms with E-state index >= 15 is 0 Å². The number of carbonyl (C=O) groups excluding carboxylic acids is 1. The van der Waals surface area contributed by atoms with Crippen molar-refractivity contribution in [1.82, 2.24) is 9.78 Å². The van der Waals surface area contributed by atoms with Gasteiger partial charge in [-0.15, -0.1) is 0 Å². The van der Waals surface area contributed by atoms with E-state index in [2.05, 4.69) is 15.8 Å². The molecule has 0 N–H and O–H groups in total. The van der Waals surface area contributed by atoms with Crippen LogP contribution in [0.5, 0.6) is 5.75 Å². The number of hydrogen-bond acceptors (Lipinski definition) is 3. The van der Waals surface area contributed by atoms with Gasteiger partial charge in [0, 0.05) is 11.6 Å². The largest absolute Gasteiger partial charge is 0.426 e. The highest BCUT2D eigenvalue weighted by Crippen LogP contribution is 2.44. The maximum Gasteiger partial charge on any atom is 0.317 e. The van der Waals surface area contributed by atoms with E-state index in [4.69, 9.17) is 4.74 Å². The average Bonchev–Trinajstić information content (AvgIpc) is 3.39. The first-order valence-electron chi connectivity index (χ1n) is 7.63. The van der Waals surface area contributed by atoms with Crippen LogP contribution in [-0.4, -0.2) is 15.7 Å². The minimum Gasteiger partial charge on any atom is -0.426 e. The van der Waals surface area contributed by atoms with Crippen molar-refractivity contribution in [3.63, 3.8) is 0 Å². The molecular weight excluding hydrogens is 264 g/mol. The maximum atomic E-state index is 12.0. The zero-order valence-corrected chi connectivity index (χ0v) is 11.9. The Morgan fingerprint density at radius 2 is 1.95 bits per heavy atom. The van der Waals surface area contributed by atoms with Gasteiger partial charge in [-0.1, -0.05) is 18.2 Å². The van der Waals surface area contributed by atoms with Crippen molar-refractivity contribution in [2.24, 2.45) is 0 Å². The zero-order chi connectivity index (χ0) is 14.2. The molecule has 2 aliphatic rings. The highest BCUT2D eigenvalue weighted by molar-refractivity contribution is 5.74. The molecule has 4 nitrogen and oxygen atoms in total. The molecule has 0 atom stereocenters. The number of aromatic nitrogens is 2. The summed E-state index contributed by atoms with van der Waals surface area (Å²) < 4.78 is 7.49. The summed E-state index contributed by atoms with van der Waals surface area (Å²) in [5.74, 6) is 1.01. The Bertz CT molecular complexity index is 625. The van der Waals surface area contributed by atoms with E-state index in [1.807, 2.05) is 18.2 Å². The van der Waals surface area contributed by atoms with Gasteiger partial charge in [0.15, 0.2) is 0 Å². The monoisotopic (exact) mass is 282 g/mol. The molecule has 4 rings (SSSR count). The van der Waals surface area contributed by atoms with Crippen molar-refractivity contribution in [3.8, 4) is 5.75 Å². The molecule has 21 heavy (non-hydrogen) atoms. The van der Waals surface area contributed by atoms with Crippen LogP contribution in [-0.2, 0) is 11.2 Å². The van der Waals surface area contributed by atoms with Crippen molar-refractivity contribution >= 4 is 5.97 Å². The van der Waals surface area contributed by atoms with Crippen LogP contribution in [0, 0.1) is 0 Å². The van der Waals surface area contributed by atoms with Crippen LogP contribution in [0.4, 0.5) is 0 Å². The number of ether oxygens (including phenoxy) is 1. The van der Waals surface area contributed by atoms with Gasteiger partial charge < -0.3 is 4.74 Å². The fraction of sp³-hybridized carbons (Fsp3) is 0.412. The predicted molar refractivity (Wildman–Crippen MR) is 78.3 cm³/mol. The first-order chi connectivity index (χ1) is 10.3. The van der Waals surface area contributed by atoms with Gasteiger partial charge in [-0.2, -0.15) is 5.10 Å². The number of nitrogens with zero attached hydrogens (tertiary/aromatic N) is 2. The normalized spacial score (nSPS) is 17.7. The molecule has 2 fully saturated rings. The SMILES string of the molecule is O=C(Cc1cc(C2CC2)n(C2CC2)n1)Oc1ccccc1. The van der Waals surface area contributed by atoms with Crippen molar-refractivity contribution in [2.45, 2.75) is 44.1 Å². The Labute approximate surface area is 123 Å². The van der Waals surface area contributed by atoms with Crippen LogP contribution in [0.25, 0.3) is 0 Å². The summed E-state index contributed by atoms with van der Waals surface area (Å²) in [7, 11) is 0. The fourth-order valence-electron chi connectivity index (χ4n) is 2.65. The second-order valence-corrected chi connectivity index (χ2v) is 5.97. The predicted octanol–water partition coefficient (Wildman–Crippen LogP) is 3.24. The Hall–Kier alpha value is -2.10. The van der Waals surface area contributed by atoms with Gasteiger partial charge in [0.1, 0.15) is 5.75 Å². The van der Waals surface area contributed by atoms with E-state index in [0.29, 0.717) is 17.7 Å². The molecule has 0 radical (unpaired) electrons. The van der Waals surface area contributed by atoms with Gasteiger partial charge in [0.2, 0.25) is 0 Å². The Balaban J connectivity index is 1.46.